The van der Waals surface area contributed by atoms with E-state index < -0.39 is 10.8 Å². The van der Waals surface area contributed by atoms with E-state index in [1.807, 2.05) is 4.90 Å². The van der Waals surface area contributed by atoms with E-state index in [0.717, 1.165) is 18.5 Å². The number of nitrogens with one attached hydrogen (secondary N) is 1. The van der Waals surface area contributed by atoms with Gasteiger partial charge in [0, 0.05) is 25.1 Å². The molecule has 154 valence electrons. The molecule has 1 aromatic carbocycles. The normalized spacial score (nSPS) is 14.8. The zero-order valence-electron chi connectivity index (χ0n) is 16.5. The minimum Gasteiger partial charge on any atom is -0.369 e. The van der Waals surface area contributed by atoms with E-state index in [-0.39, 0.29) is 24.6 Å². The molecule has 1 fully saturated rings. The van der Waals surface area contributed by atoms with Gasteiger partial charge in [-0.3, -0.25) is 24.6 Å². The van der Waals surface area contributed by atoms with Gasteiger partial charge in [0.05, 0.1) is 17.2 Å². The summed E-state index contributed by atoms with van der Waals surface area (Å²) >= 11 is 0. The average Bonchev–Trinajstić information content (AvgIpc) is 2.66. The average molecular weight is 390 g/mol. The standard InChI is InChI=1S/C20H30N4O4/c1-15-7-8-17(24(27)28)13-18(15)22-20(26)10-12-23(14-19(21)25)11-9-16-5-3-2-4-6-16/h7-8,13,16H,2-6,9-12,14H2,1H3,(H2,21,25)(H,22,26). The third kappa shape index (κ3) is 7.26. The molecule has 0 atom stereocenters. The number of carbonyl (C=O) groups is 2. The summed E-state index contributed by atoms with van der Waals surface area (Å²) in [5, 5.41) is 13.6. The summed E-state index contributed by atoms with van der Waals surface area (Å²) in [4.78, 5) is 36.0. The summed E-state index contributed by atoms with van der Waals surface area (Å²) in [5.74, 6) is 0.0415. The maximum atomic E-state index is 12.3. The molecule has 8 heteroatoms. The number of anilines is 1. The Labute approximate surface area is 165 Å². The molecule has 2 rings (SSSR count). The molecule has 1 saturated carbocycles. The fraction of sp³-hybridized carbons (Fsp3) is 0.600. The highest BCUT2D eigenvalue weighted by Gasteiger charge is 2.17. The molecule has 0 unspecified atom stereocenters. The molecule has 2 amide bonds. The predicted molar refractivity (Wildman–Crippen MR) is 108 cm³/mol. The van der Waals surface area contributed by atoms with Gasteiger partial charge < -0.3 is 11.1 Å². The number of carbonyl (C=O) groups excluding carboxylic acids is 2. The van der Waals surface area contributed by atoms with E-state index in [1.54, 1.807) is 13.0 Å². The molecule has 0 spiro atoms. The molecule has 1 aliphatic rings. The second kappa shape index (κ2) is 10.8. The molecule has 1 aromatic rings. The fourth-order valence-electron chi connectivity index (χ4n) is 3.66. The SMILES string of the molecule is Cc1ccc([N+](=O)[O-])cc1NC(=O)CCN(CCC1CCCCC1)CC(N)=O. The number of nitro groups is 1. The Kier molecular flexibility index (Phi) is 8.38. The van der Waals surface area contributed by atoms with E-state index in [2.05, 4.69) is 5.32 Å². The summed E-state index contributed by atoms with van der Waals surface area (Å²) in [6.45, 7) is 3.09. The van der Waals surface area contributed by atoms with Crippen LogP contribution < -0.4 is 11.1 Å². The van der Waals surface area contributed by atoms with Crippen LogP contribution in [-0.4, -0.2) is 41.3 Å². The van der Waals surface area contributed by atoms with Gasteiger partial charge in [-0.2, -0.15) is 0 Å². The molecule has 0 aromatic heterocycles. The van der Waals surface area contributed by atoms with Gasteiger partial charge in [0.2, 0.25) is 11.8 Å². The van der Waals surface area contributed by atoms with E-state index in [9.17, 15) is 19.7 Å². The van der Waals surface area contributed by atoms with Crippen LogP contribution in [0.25, 0.3) is 0 Å². The van der Waals surface area contributed by atoms with Gasteiger partial charge >= 0.3 is 0 Å². The van der Waals surface area contributed by atoms with Crippen LogP contribution in [0.1, 0.15) is 50.5 Å². The topological polar surface area (TPSA) is 119 Å². The largest absolute Gasteiger partial charge is 0.369 e. The number of primary amides is 1. The zero-order chi connectivity index (χ0) is 20.5. The zero-order valence-corrected chi connectivity index (χ0v) is 16.5. The van der Waals surface area contributed by atoms with Crippen LogP contribution in [0.2, 0.25) is 0 Å². The molecule has 28 heavy (non-hydrogen) atoms. The molecular formula is C20H30N4O4. The number of amides is 2. The van der Waals surface area contributed by atoms with Gasteiger partial charge in [0.15, 0.2) is 0 Å². The van der Waals surface area contributed by atoms with Crippen molar-refractivity contribution in [3.05, 3.63) is 33.9 Å². The number of rotatable bonds is 10. The summed E-state index contributed by atoms with van der Waals surface area (Å²) in [5.41, 5.74) is 6.47. The fourth-order valence-corrected chi connectivity index (χ4v) is 3.66. The summed E-state index contributed by atoms with van der Waals surface area (Å²) in [6, 6.07) is 4.37. The van der Waals surface area contributed by atoms with Gasteiger partial charge in [0.25, 0.3) is 5.69 Å². The van der Waals surface area contributed by atoms with Crippen LogP contribution in [0.3, 0.4) is 0 Å². The molecule has 0 radical (unpaired) electrons. The molecule has 1 aliphatic carbocycles. The highest BCUT2D eigenvalue weighted by atomic mass is 16.6. The Balaban J connectivity index is 1.87. The molecule has 0 aliphatic heterocycles. The van der Waals surface area contributed by atoms with Crippen LogP contribution in [0.15, 0.2) is 18.2 Å². The first kappa shape index (κ1) is 21.8. The van der Waals surface area contributed by atoms with Crippen molar-refractivity contribution >= 4 is 23.2 Å². The van der Waals surface area contributed by atoms with Crippen LogP contribution in [-0.2, 0) is 9.59 Å². The van der Waals surface area contributed by atoms with Crippen LogP contribution in [0.5, 0.6) is 0 Å². The van der Waals surface area contributed by atoms with Gasteiger partial charge in [-0.05, 0) is 31.4 Å². The maximum Gasteiger partial charge on any atom is 0.271 e. The number of non-ortho nitro benzene ring substituents is 1. The van der Waals surface area contributed by atoms with Gasteiger partial charge in [-0.15, -0.1) is 0 Å². The van der Waals surface area contributed by atoms with E-state index in [1.165, 1.54) is 44.2 Å². The van der Waals surface area contributed by atoms with Crippen molar-refractivity contribution < 1.29 is 14.5 Å². The summed E-state index contributed by atoms with van der Waals surface area (Å²) in [6.07, 6.45) is 7.52. The monoisotopic (exact) mass is 390 g/mol. The molecule has 0 bridgehead atoms. The second-order valence-electron chi connectivity index (χ2n) is 7.59. The molecule has 0 heterocycles. The second-order valence-corrected chi connectivity index (χ2v) is 7.59. The number of hydrogen-bond acceptors (Lipinski definition) is 5. The number of benzene rings is 1. The lowest BCUT2D eigenvalue weighted by molar-refractivity contribution is -0.384. The third-order valence-corrected chi connectivity index (χ3v) is 5.32. The Hall–Kier alpha value is -2.48. The Morgan fingerprint density at radius 2 is 1.96 bits per heavy atom. The molecule has 0 saturated heterocycles. The van der Waals surface area contributed by atoms with Crippen LogP contribution in [0, 0.1) is 23.0 Å². The van der Waals surface area contributed by atoms with E-state index >= 15 is 0 Å². The third-order valence-electron chi connectivity index (χ3n) is 5.32. The van der Waals surface area contributed by atoms with E-state index in [4.69, 9.17) is 5.73 Å². The first-order valence-corrected chi connectivity index (χ1v) is 9.90. The number of nitrogens with zero attached hydrogens (tertiary/aromatic N) is 2. The maximum absolute atomic E-state index is 12.3. The predicted octanol–water partition coefficient (Wildman–Crippen LogP) is 2.99. The molecule has 3 N–H and O–H groups in total. The van der Waals surface area contributed by atoms with Crippen molar-refractivity contribution in [2.75, 3.05) is 25.0 Å². The smallest absolute Gasteiger partial charge is 0.271 e. The highest BCUT2D eigenvalue weighted by Crippen LogP contribution is 2.26. The first-order chi connectivity index (χ1) is 13.3. The number of nitro benzene ring substituents is 1. The van der Waals surface area contributed by atoms with Gasteiger partial charge in [0.1, 0.15) is 0 Å². The van der Waals surface area contributed by atoms with Crippen molar-refractivity contribution in [2.45, 2.75) is 51.9 Å². The van der Waals surface area contributed by atoms with Gasteiger partial charge in [-0.1, -0.05) is 38.2 Å². The lowest BCUT2D eigenvalue weighted by Crippen LogP contribution is -2.37. The van der Waals surface area contributed by atoms with Crippen molar-refractivity contribution in [2.24, 2.45) is 11.7 Å². The summed E-state index contributed by atoms with van der Waals surface area (Å²) in [7, 11) is 0. The van der Waals surface area contributed by atoms with Crippen LogP contribution >= 0.6 is 0 Å². The molecule has 8 nitrogen and oxygen atoms in total. The Bertz CT molecular complexity index is 701. The molecular weight excluding hydrogens is 360 g/mol. The van der Waals surface area contributed by atoms with Crippen molar-refractivity contribution in [1.82, 2.24) is 4.90 Å². The minimum atomic E-state index is -0.491. The first-order valence-electron chi connectivity index (χ1n) is 9.90. The Morgan fingerprint density at radius 3 is 2.61 bits per heavy atom. The van der Waals surface area contributed by atoms with Crippen molar-refractivity contribution in [3.63, 3.8) is 0 Å². The quantitative estimate of drug-likeness (QED) is 0.470. The number of aryl methyl sites for hydroxylation is 1. The Morgan fingerprint density at radius 1 is 1.25 bits per heavy atom. The number of hydrogen-bond donors (Lipinski definition) is 2. The minimum absolute atomic E-state index is 0.0660. The van der Waals surface area contributed by atoms with Gasteiger partial charge in [-0.25, -0.2) is 0 Å². The summed E-state index contributed by atoms with van der Waals surface area (Å²) < 4.78 is 0. The van der Waals surface area contributed by atoms with E-state index in [0.29, 0.717) is 18.2 Å². The lowest BCUT2D eigenvalue weighted by atomic mass is 9.87. The van der Waals surface area contributed by atoms with Crippen molar-refractivity contribution in [3.8, 4) is 0 Å². The highest BCUT2D eigenvalue weighted by molar-refractivity contribution is 5.92. The lowest BCUT2D eigenvalue weighted by Gasteiger charge is -2.26. The van der Waals surface area contributed by atoms with Crippen LogP contribution in [0.4, 0.5) is 11.4 Å². The van der Waals surface area contributed by atoms with Crippen molar-refractivity contribution in [1.29, 1.82) is 0 Å². The number of nitrogens with two attached hydrogens (primary N) is 1.